The molecule has 1 aliphatic heterocycles. The summed E-state index contributed by atoms with van der Waals surface area (Å²) in [5.74, 6) is 0.801. The Kier molecular flexibility index (Phi) is 6.17. The van der Waals surface area contributed by atoms with Crippen molar-refractivity contribution in [3.63, 3.8) is 0 Å². The van der Waals surface area contributed by atoms with Gasteiger partial charge < -0.3 is 9.64 Å². The zero-order valence-electron chi connectivity index (χ0n) is 16.7. The number of benzene rings is 1. The van der Waals surface area contributed by atoms with Crippen LogP contribution in [0.4, 0.5) is 0 Å². The minimum absolute atomic E-state index is 0.0828. The number of ether oxygens (including phenoxy) is 1. The quantitative estimate of drug-likeness (QED) is 0.801. The first-order chi connectivity index (χ1) is 12.9. The van der Waals surface area contributed by atoms with Gasteiger partial charge in [0.2, 0.25) is 0 Å². The lowest BCUT2D eigenvalue weighted by molar-refractivity contribution is 0.0760. The Morgan fingerprint density at radius 2 is 2.04 bits per heavy atom. The van der Waals surface area contributed by atoms with Gasteiger partial charge in [-0.15, -0.1) is 11.3 Å². The second kappa shape index (κ2) is 8.40. The van der Waals surface area contributed by atoms with Gasteiger partial charge in [0.25, 0.3) is 5.91 Å². The number of hydrogen-bond donors (Lipinski definition) is 0. The van der Waals surface area contributed by atoms with Gasteiger partial charge in [0.1, 0.15) is 5.75 Å². The fourth-order valence-corrected chi connectivity index (χ4v) is 4.12. The van der Waals surface area contributed by atoms with E-state index in [0.29, 0.717) is 5.56 Å². The fourth-order valence-electron chi connectivity index (χ4n) is 3.22. The zero-order valence-corrected chi connectivity index (χ0v) is 17.5. The lowest BCUT2D eigenvalue weighted by atomic mass is 9.98. The summed E-state index contributed by atoms with van der Waals surface area (Å²) in [4.78, 5) is 22.0. The van der Waals surface area contributed by atoms with Gasteiger partial charge in [-0.3, -0.25) is 9.69 Å². The Morgan fingerprint density at radius 1 is 1.22 bits per heavy atom. The largest absolute Gasteiger partial charge is 0.497 e. The molecule has 0 aliphatic carbocycles. The maximum atomic E-state index is 12.8. The third kappa shape index (κ3) is 5.08. The van der Waals surface area contributed by atoms with Gasteiger partial charge >= 0.3 is 0 Å². The van der Waals surface area contributed by atoms with Crippen LogP contribution >= 0.6 is 11.3 Å². The predicted molar refractivity (Wildman–Crippen MR) is 110 cm³/mol. The number of thiazole rings is 1. The molecule has 0 bridgehead atoms. The average Bonchev–Trinajstić information content (AvgIpc) is 3.00. The lowest BCUT2D eigenvalue weighted by Crippen LogP contribution is -2.35. The Balaban J connectivity index is 1.60. The average molecular weight is 388 g/mol. The van der Waals surface area contributed by atoms with Crippen LogP contribution in [-0.2, 0) is 12.0 Å². The van der Waals surface area contributed by atoms with Crippen molar-refractivity contribution in [3.05, 3.63) is 45.9 Å². The molecule has 2 heterocycles. The minimum Gasteiger partial charge on any atom is -0.497 e. The molecule has 0 unspecified atom stereocenters. The molecule has 1 fully saturated rings. The molecular weight excluding hydrogens is 358 g/mol. The molecule has 1 aromatic carbocycles. The van der Waals surface area contributed by atoms with E-state index in [2.05, 4.69) is 31.1 Å². The van der Waals surface area contributed by atoms with Crippen LogP contribution in [0.25, 0.3) is 0 Å². The molecule has 27 heavy (non-hydrogen) atoms. The Labute approximate surface area is 166 Å². The molecule has 1 aromatic heterocycles. The summed E-state index contributed by atoms with van der Waals surface area (Å²) in [5.41, 5.74) is 1.93. The highest BCUT2D eigenvalue weighted by Crippen LogP contribution is 2.26. The summed E-state index contributed by atoms with van der Waals surface area (Å²) < 4.78 is 5.24. The van der Waals surface area contributed by atoms with Crippen molar-refractivity contribution in [3.8, 4) is 5.75 Å². The number of aromatic nitrogens is 1. The van der Waals surface area contributed by atoms with Crippen molar-refractivity contribution < 1.29 is 9.53 Å². The molecular formula is C21H29N3O2S. The number of rotatable bonds is 4. The molecule has 1 amide bonds. The van der Waals surface area contributed by atoms with Crippen LogP contribution in [0.2, 0.25) is 0 Å². The highest BCUT2D eigenvalue weighted by atomic mass is 32.1. The van der Waals surface area contributed by atoms with Gasteiger partial charge in [0.15, 0.2) is 0 Å². The minimum atomic E-state index is 0.0828. The zero-order chi connectivity index (χ0) is 19.4. The molecule has 3 rings (SSSR count). The molecule has 6 heteroatoms. The van der Waals surface area contributed by atoms with E-state index in [9.17, 15) is 4.79 Å². The predicted octanol–water partition coefficient (Wildman–Crippen LogP) is 3.80. The lowest BCUT2D eigenvalue weighted by Gasteiger charge is -2.22. The molecule has 1 saturated heterocycles. The molecule has 0 atom stereocenters. The van der Waals surface area contributed by atoms with Crippen LogP contribution < -0.4 is 4.74 Å². The second-order valence-electron chi connectivity index (χ2n) is 8.05. The Hall–Kier alpha value is -1.92. The summed E-state index contributed by atoms with van der Waals surface area (Å²) in [6.07, 6.45) is 0.978. The van der Waals surface area contributed by atoms with E-state index < -0.39 is 0 Å². The van der Waals surface area contributed by atoms with Gasteiger partial charge in [-0.1, -0.05) is 26.8 Å². The molecule has 5 nitrogen and oxygen atoms in total. The molecule has 0 spiro atoms. The molecule has 2 aromatic rings. The van der Waals surface area contributed by atoms with E-state index in [-0.39, 0.29) is 11.3 Å². The first-order valence-corrected chi connectivity index (χ1v) is 10.4. The van der Waals surface area contributed by atoms with Crippen LogP contribution in [0.5, 0.6) is 5.75 Å². The number of carbonyl (C=O) groups excluding carboxylic acids is 1. The maximum absolute atomic E-state index is 12.8. The van der Waals surface area contributed by atoms with E-state index in [1.54, 1.807) is 18.4 Å². The number of methoxy groups -OCH3 is 1. The summed E-state index contributed by atoms with van der Waals surface area (Å²) in [5, 5.41) is 3.35. The van der Waals surface area contributed by atoms with Crippen LogP contribution in [0.15, 0.2) is 29.6 Å². The van der Waals surface area contributed by atoms with Crippen LogP contribution in [-0.4, -0.2) is 54.0 Å². The maximum Gasteiger partial charge on any atom is 0.254 e. The van der Waals surface area contributed by atoms with Gasteiger partial charge in [0, 0.05) is 49.1 Å². The van der Waals surface area contributed by atoms with Crippen molar-refractivity contribution in [1.82, 2.24) is 14.8 Å². The van der Waals surface area contributed by atoms with Crippen molar-refractivity contribution >= 4 is 17.2 Å². The van der Waals surface area contributed by atoms with Crippen molar-refractivity contribution in [2.45, 2.75) is 39.2 Å². The van der Waals surface area contributed by atoms with E-state index in [1.807, 2.05) is 29.2 Å². The molecule has 146 valence electrons. The molecule has 0 N–H and O–H groups in total. The highest BCUT2D eigenvalue weighted by Gasteiger charge is 2.22. The number of amides is 1. The standard InChI is InChI=1S/C21H29N3O2S/c1-21(2,3)20-22-17(15-27-20)14-23-9-6-10-24(12-11-23)19(25)16-7-5-8-18(13-16)26-4/h5,7-8,13,15H,6,9-12,14H2,1-4H3. The van der Waals surface area contributed by atoms with Crippen LogP contribution in [0, 0.1) is 0 Å². The summed E-state index contributed by atoms with van der Waals surface area (Å²) >= 11 is 1.74. The smallest absolute Gasteiger partial charge is 0.254 e. The van der Waals surface area contributed by atoms with E-state index in [0.717, 1.165) is 50.6 Å². The van der Waals surface area contributed by atoms with Crippen molar-refractivity contribution in [2.24, 2.45) is 0 Å². The van der Waals surface area contributed by atoms with Gasteiger partial charge in [-0.25, -0.2) is 4.98 Å². The second-order valence-corrected chi connectivity index (χ2v) is 8.91. The summed E-state index contributed by atoms with van der Waals surface area (Å²) in [6, 6.07) is 7.40. The summed E-state index contributed by atoms with van der Waals surface area (Å²) in [7, 11) is 1.62. The number of hydrogen-bond acceptors (Lipinski definition) is 5. The normalized spacial score (nSPS) is 16.2. The van der Waals surface area contributed by atoms with E-state index >= 15 is 0 Å². The van der Waals surface area contributed by atoms with Crippen molar-refractivity contribution in [1.29, 1.82) is 0 Å². The third-order valence-electron chi connectivity index (χ3n) is 4.77. The molecule has 0 saturated carbocycles. The van der Waals surface area contributed by atoms with E-state index in [1.165, 1.54) is 5.01 Å². The summed E-state index contributed by atoms with van der Waals surface area (Å²) in [6.45, 7) is 10.8. The first-order valence-electron chi connectivity index (χ1n) is 9.47. The van der Waals surface area contributed by atoms with Gasteiger partial charge in [0.05, 0.1) is 17.8 Å². The Morgan fingerprint density at radius 3 is 2.74 bits per heavy atom. The Bertz CT molecular complexity index is 782. The first kappa shape index (κ1) is 19.8. The molecule has 1 aliphatic rings. The van der Waals surface area contributed by atoms with E-state index in [4.69, 9.17) is 9.72 Å². The number of nitrogens with zero attached hydrogens (tertiary/aromatic N) is 3. The number of carbonyl (C=O) groups is 1. The van der Waals surface area contributed by atoms with Crippen LogP contribution in [0.1, 0.15) is 48.3 Å². The van der Waals surface area contributed by atoms with Gasteiger partial charge in [-0.2, -0.15) is 0 Å². The SMILES string of the molecule is COc1cccc(C(=O)N2CCCN(Cc3csc(C(C)(C)C)n3)CC2)c1. The highest BCUT2D eigenvalue weighted by molar-refractivity contribution is 7.09. The fraction of sp³-hybridized carbons (Fsp3) is 0.524. The topological polar surface area (TPSA) is 45.7 Å². The monoisotopic (exact) mass is 387 g/mol. The van der Waals surface area contributed by atoms with Gasteiger partial charge in [-0.05, 0) is 24.6 Å². The van der Waals surface area contributed by atoms with Crippen molar-refractivity contribution in [2.75, 3.05) is 33.3 Å². The third-order valence-corrected chi connectivity index (χ3v) is 6.09. The molecule has 0 radical (unpaired) electrons. The van der Waals surface area contributed by atoms with Crippen LogP contribution in [0.3, 0.4) is 0 Å².